The smallest absolute Gasteiger partial charge is 0.276 e. The minimum atomic E-state index is -0.136. The molecule has 2 amide bonds. The van der Waals surface area contributed by atoms with E-state index in [-0.39, 0.29) is 11.8 Å². The van der Waals surface area contributed by atoms with Gasteiger partial charge in [0.25, 0.3) is 11.8 Å². The maximum Gasteiger partial charge on any atom is 0.276 e. The van der Waals surface area contributed by atoms with Crippen LogP contribution < -0.4 is 0 Å². The number of hydrogen-bond donors (Lipinski definition) is 0. The Balaban J connectivity index is 1.49. The van der Waals surface area contributed by atoms with Crippen molar-refractivity contribution in [3.63, 3.8) is 0 Å². The number of rotatable bonds is 3. The molecule has 4 rings (SSSR count). The highest BCUT2D eigenvalue weighted by Gasteiger charge is 2.26. The van der Waals surface area contributed by atoms with Gasteiger partial charge >= 0.3 is 0 Å². The van der Waals surface area contributed by atoms with Crippen LogP contribution in [0.15, 0.2) is 41.1 Å². The quantitative estimate of drug-likeness (QED) is 0.700. The Labute approximate surface area is 163 Å². The summed E-state index contributed by atoms with van der Waals surface area (Å²) in [5.74, 6) is 0.578. The number of aryl methyl sites for hydroxylation is 2. The van der Waals surface area contributed by atoms with Gasteiger partial charge in [-0.15, -0.1) is 0 Å². The van der Waals surface area contributed by atoms with Crippen molar-refractivity contribution in [2.75, 3.05) is 26.2 Å². The first kappa shape index (κ1) is 18.3. The molecule has 7 heteroatoms. The van der Waals surface area contributed by atoms with Crippen LogP contribution in [-0.4, -0.2) is 57.5 Å². The molecule has 1 aliphatic heterocycles. The van der Waals surface area contributed by atoms with E-state index in [0.717, 1.165) is 17.3 Å². The zero-order chi connectivity index (χ0) is 19.7. The average Bonchev–Trinajstić information content (AvgIpc) is 3.24. The highest BCUT2D eigenvalue weighted by Crippen LogP contribution is 2.22. The van der Waals surface area contributed by atoms with E-state index in [1.165, 1.54) is 0 Å². The molecule has 0 saturated carbocycles. The fraction of sp³-hybridized carbons (Fsp3) is 0.381. The molecule has 2 aromatic heterocycles. The molecule has 0 N–H and O–H groups in total. The summed E-state index contributed by atoms with van der Waals surface area (Å²) in [6.07, 6.45) is 3.33. The van der Waals surface area contributed by atoms with E-state index in [9.17, 15) is 9.59 Å². The lowest BCUT2D eigenvalue weighted by atomic mass is 10.1. The number of carbonyl (C=O) groups is 2. The number of aromatic nitrogens is 2. The summed E-state index contributed by atoms with van der Waals surface area (Å²) < 4.78 is 7.13. The van der Waals surface area contributed by atoms with Gasteiger partial charge in [0.2, 0.25) is 0 Å². The van der Waals surface area contributed by atoms with Crippen LogP contribution >= 0.6 is 0 Å². The van der Waals surface area contributed by atoms with E-state index in [2.05, 4.69) is 5.16 Å². The summed E-state index contributed by atoms with van der Waals surface area (Å²) in [5.41, 5.74) is 2.09. The molecular formula is C21H24N4O3. The van der Waals surface area contributed by atoms with Crippen LogP contribution in [0.2, 0.25) is 0 Å². The molecule has 1 fully saturated rings. The van der Waals surface area contributed by atoms with Gasteiger partial charge in [-0.2, -0.15) is 0 Å². The van der Waals surface area contributed by atoms with Crippen LogP contribution in [-0.2, 0) is 13.5 Å². The topological polar surface area (TPSA) is 71.6 Å². The van der Waals surface area contributed by atoms with Crippen LogP contribution in [0.4, 0.5) is 0 Å². The van der Waals surface area contributed by atoms with Crippen LogP contribution in [0.3, 0.4) is 0 Å². The van der Waals surface area contributed by atoms with Crippen LogP contribution in [0.25, 0.3) is 10.9 Å². The molecule has 3 heterocycles. The maximum atomic E-state index is 13.2. The molecule has 0 aliphatic carbocycles. The summed E-state index contributed by atoms with van der Waals surface area (Å²) in [6, 6.07) is 9.61. The van der Waals surface area contributed by atoms with Crippen molar-refractivity contribution in [2.45, 2.75) is 19.8 Å². The molecule has 1 aromatic carbocycles. The number of nitrogens with zero attached hydrogens (tertiary/aromatic N) is 4. The van der Waals surface area contributed by atoms with Gasteiger partial charge < -0.3 is 18.9 Å². The molecule has 0 bridgehead atoms. The Kier molecular flexibility index (Phi) is 4.90. The first-order valence-electron chi connectivity index (χ1n) is 9.66. The average molecular weight is 380 g/mol. The number of hydrogen-bond acceptors (Lipinski definition) is 4. The van der Waals surface area contributed by atoms with Gasteiger partial charge in [-0.1, -0.05) is 30.3 Å². The number of benzene rings is 1. The normalized spacial score (nSPS) is 15.1. The van der Waals surface area contributed by atoms with E-state index < -0.39 is 0 Å². The largest absolute Gasteiger partial charge is 0.361 e. The van der Waals surface area contributed by atoms with Crippen LogP contribution in [0, 0.1) is 0 Å². The zero-order valence-electron chi connectivity index (χ0n) is 16.2. The molecule has 7 nitrogen and oxygen atoms in total. The lowest BCUT2D eigenvalue weighted by molar-refractivity contribution is 0.0714. The monoisotopic (exact) mass is 380 g/mol. The summed E-state index contributed by atoms with van der Waals surface area (Å²) in [7, 11) is 1.95. The zero-order valence-corrected chi connectivity index (χ0v) is 16.2. The highest BCUT2D eigenvalue weighted by molar-refractivity contribution is 6.07. The van der Waals surface area contributed by atoms with Crippen molar-refractivity contribution >= 4 is 22.7 Å². The third-order valence-electron chi connectivity index (χ3n) is 5.32. The van der Waals surface area contributed by atoms with Crippen molar-refractivity contribution in [1.29, 1.82) is 0 Å². The Morgan fingerprint density at radius 2 is 1.79 bits per heavy atom. The van der Waals surface area contributed by atoms with Gasteiger partial charge in [0.1, 0.15) is 5.76 Å². The van der Waals surface area contributed by atoms with Gasteiger partial charge in [0.15, 0.2) is 5.69 Å². The molecule has 28 heavy (non-hydrogen) atoms. The fourth-order valence-corrected chi connectivity index (χ4v) is 3.75. The minimum absolute atomic E-state index is 0.0146. The Morgan fingerprint density at radius 3 is 2.50 bits per heavy atom. The molecule has 0 atom stereocenters. The van der Waals surface area contributed by atoms with E-state index in [0.29, 0.717) is 49.6 Å². The molecule has 1 aliphatic rings. The van der Waals surface area contributed by atoms with Crippen molar-refractivity contribution < 1.29 is 14.1 Å². The molecule has 1 saturated heterocycles. The molecule has 3 aromatic rings. The van der Waals surface area contributed by atoms with E-state index in [4.69, 9.17) is 4.52 Å². The molecule has 146 valence electrons. The van der Waals surface area contributed by atoms with Crippen molar-refractivity contribution in [3.8, 4) is 0 Å². The number of amides is 2. The third kappa shape index (κ3) is 3.28. The third-order valence-corrected chi connectivity index (χ3v) is 5.32. The summed E-state index contributed by atoms with van der Waals surface area (Å²) in [6.45, 7) is 4.19. The molecule has 0 radical (unpaired) electrons. The minimum Gasteiger partial charge on any atom is -0.361 e. The van der Waals surface area contributed by atoms with Crippen molar-refractivity contribution in [1.82, 2.24) is 19.5 Å². The standard InChI is InChI=1S/C21H24N4O3/c1-3-15-13-18(22-28-15)21(27)25-10-6-9-24(11-12-25)20(26)17-14-23(2)19-8-5-4-7-16(17)19/h4-5,7-8,13-14H,3,6,9-12H2,1-2H3. The molecule has 0 unspecified atom stereocenters. The summed E-state index contributed by atoms with van der Waals surface area (Å²) in [5, 5.41) is 4.84. The summed E-state index contributed by atoms with van der Waals surface area (Å²) in [4.78, 5) is 29.5. The van der Waals surface area contributed by atoms with Gasteiger partial charge in [-0.05, 0) is 12.5 Å². The lowest BCUT2D eigenvalue weighted by Gasteiger charge is -2.21. The lowest BCUT2D eigenvalue weighted by Crippen LogP contribution is -2.37. The Hall–Kier alpha value is -3.09. The van der Waals surface area contributed by atoms with Gasteiger partial charge in [0, 0.05) is 62.8 Å². The first-order valence-corrected chi connectivity index (χ1v) is 9.66. The van der Waals surface area contributed by atoms with Crippen LogP contribution in [0.5, 0.6) is 0 Å². The predicted octanol–water partition coefficient (Wildman–Crippen LogP) is 2.72. The van der Waals surface area contributed by atoms with E-state index in [1.807, 2.05) is 53.9 Å². The fourth-order valence-electron chi connectivity index (χ4n) is 3.75. The Bertz CT molecular complexity index is 1020. The second-order valence-corrected chi connectivity index (χ2v) is 7.14. The van der Waals surface area contributed by atoms with Crippen LogP contribution in [0.1, 0.15) is 40.0 Å². The Morgan fingerprint density at radius 1 is 1.07 bits per heavy atom. The second kappa shape index (κ2) is 7.50. The molecule has 0 spiro atoms. The second-order valence-electron chi connectivity index (χ2n) is 7.14. The first-order chi connectivity index (χ1) is 13.6. The number of para-hydroxylation sites is 1. The predicted molar refractivity (Wildman–Crippen MR) is 105 cm³/mol. The van der Waals surface area contributed by atoms with E-state index >= 15 is 0 Å². The maximum absolute atomic E-state index is 13.2. The number of fused-ring (bicyclic) bond motifs is 1. The number of carbonyl (C=O) groups excluding carboxylic acids is 2. The summed E-state index contributed by atoms with van der Waals surface area (Å²) >= 11 is 0. The van der Waals surface area contributed by atoms with Gasteiger partial charge in [-0.25, -0.2) is 0 Å². The van der Waals surface area contributed by atoms with Crippen molar-refractivity contribution in [2.24, 2.45) is 7.05 Å². The van der Waals surface area contributed by atoms with Gasteiger partial charge in [0.05, 0.1) is 5.56 Å². The van der Waals surface area contributed by atoms with E-state index in [1.54, 1.807) is 11.0 Å². The molecular weight excluding hydrogens is 356 g/mol. The van der Waals surface area contributed by atoms with Gasteiger partial charge in [-0.3, -0.25) is 9.59 Å². The SMILES string of the molecule is CCc1cc(C(=O)N2CCCN(C(=O)c3cn(C)c4ccccc34)CC2)no1. The highest BCUT2D eigenvalue weighted by atomic mass is 16.5. The van der Waals surface area contributed by atoms with Crippen molar-refractivity contribution in [3.05, 3.63) is 53.5 Å².